The molecule has 0 atom stereocenters. The fraction of sp³-hybridized carbons (Fsp3) is 0.0952. The molecule has 0 radical (unpaired) electrons. The lowest BCUT2D eigenvalue weighted by atomic mass is 10.1. The third kappa shape index (κ3) is 4.32. The number of carbonyl (C=O) groups is 2. The quantitative estimate of drug-likeness (QED) is 0.708. The monoisotopic (exact) mass is 393 g/mol. The first-order valence-corrected chi connectivity index (χ1v) is 8.81. The zero-order valence-corrected chi connectivity index (χ0v) is 15.1. The minimum atomic E-state index is -0.503. The number of amides is 2. The van der Waals surface area contributed by atoms with Crippen LogP contribution in [0.15, 0.2) is 60.9 Å². The van der Waals surface area contributed by atoms with Crippen LogP contribution in [0.3, 0.4) is 0 Å². The van der Waals surface area contributed by atoms with Crippen LogP contribution >= 0.6 is 0 Å². The molecule has 7 nitrogen and oxygen atoms in total. The van der Waals surface area contributed by atoms with Crippen molar-refractivity contribution < 1.29 is 23.5 Å². The molecule has 0 saturated heterocycles. The summed E-state index contributed by atoms with van der Waals surface area (Å²) < 4.78 is 24.2. The fourth-order valence-corrected chi connectivity index (χ4v) is 2.78. The molecule has 2 N–H and O–H groups in total. The number of ether oxygens (including phenoxy) is 2. The maximum absolute atomic E-state index is 13.3. The maximum Gasteiger partial charge on any atom is 0.257 e. The van der Waals surface area contributed by atoms with E-state index in [1.807, 2.05) is 0 Å². The van der Waals surface area contributed by atoms with Gasteiger partial charge in [-0.3, -0.25) is 14.6 Å². The molecule has 1 aliphatic heterocycles. The van der Waals surface area contributed by atoms with Gasteiger partial charge < -0.3 is 20.1 Å². The predicted octanol–water partition coefficient (Wildman–Crippen LogP) is 3.50. The number of halogens is 1. The Morgan fingerprint density at radius 3 is 2.17 bits per heavy atom. The first-order chi connectivity index (χ1) is 14.1. The fourth-order valence-electron chi connectivity index (χ4n) is 2.78. The molecule has 0 fully saturated rings. The summed E-state index contributed by atoms with van der Waals surface area (Å²) in [5.74, 6) is -0.234. The van der Waals surface area contributed by atoms with Crippen molar-refractivity contribution in [2.45, 2.75) is 0 Å². The van der Waals surface area contributed by atoms with Crippen molar-refractivity contribution in [3.05, 3.63) is 77.9 Å². The topological polar surface area (TPSA) is 89.6 Å². The summed E-state index contributed by atoms with van der Waals surface area (Å²) in [6.45, 7) is 0.922. The van der Waals surface area contributed by atoms with E-state index in [4.69, 9.17) is 9.47 Å². The molecule has 2 heterocycles. The molecule has 4 rings (SSSR count). The molecular formula is C21H16FN3O4. The van der Waals surface area contributed by atoms with Crippen molar-refractivity contribution >= 4 is 23.2 Å². The molecule has 2 aromatic carbocycles. The van der Waals surface area contributed by atoms with Crippen LogP contribution in [0.2, 0.25) is 0 Å². The summed E-state index contributed by atoms with van der Waals surface area (Å²) in [5.41, 5.74) is 1.20. The van der Waals surface area contributed by atoms with E-state index in [2.05, 4.69) is 15.6 Å². The van der Waals surface area contributed by atoms with Gasteiger partial charge in [-0.05, 0) is 36.4 Å². The van der Waals surface area contributed by atoms with Crippen LogP contribution in [0, 0.1) is 5.82 Å². The van der Waals surface area contributed by atoms with Gasteiger partial charge in [0.15, 0.2) is 11.5 Å². The highest BCUT2D eigenvalue weighted by atomic mass is 19.1. The molecule has 1 aliphatic rings. The molecule has 0 saturated carbocycles. The van der Waals surface area contributed by atoms with Crippen molar-refractivity contribution in [2.75, 3.05) is 23.8 Å². The molecule has 0 aliphatic carbocycles. The van der Waals surface area contributed by atoms with Gasteiger partial charge in [-0.25, -0.2) is 4.39 Å². The Morgan fingerprint density at radius 1 is 0.828 bits per heavy atom. The second-order valence-corrected chi connectivity index (χ2v) is 6.24. The first kappa shape index (κ1) is 18.4. The summed E-state index contributed by atoms with van der Waals surface area (Å²) >= 11 is 0. The van der Waals surface area contributed by atoms with Gasteiger partial charge in [0.2, 0.25) is 0 Å². The van der Waals surface area contributed by atoms with E-state index < -0.39 is 17.6 Å². The number of benzene rings is 2. The average molecular weight is 393 g/mol. The third-order valence-corrected chi connectivity index (χ3v) is 4.15. The van der Waals surface area contributed by atoms with E-state index >= 15 is 0 Å². The van der Waals surface area contributed by atoms with Crippen molar-refractivity contribution in [1.29, 1.82) is 0 Å². The summed E-state index contributed by atoms with van der Waals surface area (Å²) in [6.07, 6.45) is 2.68. The van der Waals surface area contributed by atoms with Crippen LogP contribution in [0.1, 0.15) is 20.7 Å². The molecule has 0 bridgehead atoms. The average Bonchev–Trinajstić information content (AvgIpc) is 2.74. The Morgan fingerprint density at radius 2 is 1.48 bits per heavy atom. The summed E-state index contributed by atoms with van der Waals surface area (Å²) in [6, 6.07) is 12.0. The van der Waals surface area contributed by atoms with E-state index in [0.717, 1.165) is 0 Å². The summed E-state index contributed by atoms with van der Waals surface area (Å²) in [5, 5.41) is 5.30. The van der Waals surface area contributed by atoms with Crippen LogP contribution in [-0.2, 0) is 0 Å². The normalized spacial score (nSPS) is 12.2. The van der Waals surface area contributed by atoms with Crippen molar-refractivity contribution in [3.8, 4) is 11.5 Å². The minimum Gasteiger partial charge on any atom is -0.486 e. The van der Waals surface area contributed by atoms with Gasteiger partial charge in [-0.1, -0.05) is 6.07 Å². The standard InChI is InChI=1S/C21H16FN3O4/c22-15-2-1-3-16(9-15)24-20(26)13-8-14(12-23-11-13)21(27)25-17-4-5-18-19(10-17)29-7-6-28-18/h1-5,8-12H,6-7H2,(H,24,26)(H,25,27). The van der Waals surface area contributed by atoms with Crippen LogP contribution in [-0.4, -0.2) is 30.0 Å². The van der Waals surface area contributed by atoms with E-state index in [1.165, 1.54) is 36.7 Å². The van der Waals surface area contributed by atoms with Gasteiger partial charge in [-0.2, -0.15) is 0 Å². The SMILES string of the molecule is O=C(Nc1cccc(F)c1)c1cncc(C(=O)Nc2ccc3c(c2)OCCO3)c1. The van der Waals surface area contributed by atoms with E-state index in [1.54, 1.807) is 24.3 Å². The second-order valence-electron chi connectivity index (χ2n) is 6.24. The van der Waals surface area contributed by atoms with Gasteiger partial charge >= 0.3 is 0 Å². The van der Waals surface area contributed by atoms with E-state index in [9.17, 15) is 14.0 Å². The van der Waals surface area contributed by atoms with Crippen LogP contribution in [0.4, 0.5) is 15.8 Å². The lowest BCUT2D eigenvalue weighted by Crippen LogP contribution is -2.17. The Hall–Kier alpha value is -3.94. The van der Waals surface area contributed by atoms with E-state index in [0.29, 0.717) is 36.1 Å². The Kier molecular flexibility index (Phi) is 5.07. The molecule has 1 aromatic heterocycles. The number of rotatable bonds is 4. The molecule has 2 amide bonds. The lowest BCUT2D eigenvalue weighted by Gasteiger charge is -2.19. The number of nitrogens with one attached hydrogen (secondary N) is 2. The Balaban J connectivity index is 1.47. The highest BCUT2D eigenvalue weighted by molar-refractivity contribution is 6.08. The summed E-state index contributed by atoms with van der Waals surface area (Å²) in [7, 11) is 0. The number of nitrogens with zero attached hydrogens (tertiary/aromatic N) is 1. The Bertz CT molecular complexity index is 1090. The number of carbonyl (C=O) groups excluding carboxylic acids is 2. The van der Waals surface area contributed by atoms with Gasteiger partial charge in [-0.15, -0.1) is 0 Å². The zero-order valence-electron chi connectivity index (χ0n) is 15.1. The Labute approximate surface area is 165 Å². The van der Waals surface area contributed by atoms with Crippen molar-refractivity contribution in [1.82, 2.24) is 4.98 Å². The number of hydrogen-bond donors (Lipinski definition) is 2. The highest BCUT2D eigenvalue weighted by Gasteiger charge is 2.15. The molecular weight excluding hydrogens is 377 g/mol. The second kappa shape index (κ2) is 7.97. The predicted molar refractivity (Wildman–Crippen MR) is 104 cm³/mol. The molecule has 8 heteroatoms. The number of fused-ring (bicyclic) bond motifs is 1. The van der Waals surface area contributed by atoms with E-state index in [-0.39, 0.29) is 11.1 Å². The first-order valence-electron chi connectivity index (χ1n) is 8.81. The van der Waals surface area contributed by atoms with Gasteiger partial charge in [0.1, 0.15) is 19.0 Å². The van der Waals surface area contributed by atoms with Gasteiger partial charge in [0.25, 0.3) is 11.8 Å². The maximum atomic E-state index is 13.3. The van der Waals surface area contributed by atoms with Crippen molar-refractivity contribution in [2.24, 2.45) is 0 Å². The largest absolute Gasteiger partial charge is 0.486 e. The van der Waals surface area contributed by atoms with Crippen LogP contribution in [0.25, 0.3) is 0 Å². The molecule has 0 unspecified atom stereocenters. The minimum absolute atomic E-state index is 0.170. The number of hydrogen-bond acceptors (Lipinski definition) is 5. The van der Waals surface area contributed by atoms with Gasteiger partial charge in [0, 0.05) is 29.8 Å². The summed E-state index contributed by atoms with van der Waals surface area (Å²) in [4.78, 5) is 28.9. The van der Waals surface area contributed by atoms with Crippen LogP contribution in [0.5, 0.6) is 11.5 Å². The van der Waals surface area contributed by atoms with Crippen LogP contribution < -0.4 is 20.1 Å². The smallest absolute Gasteiger partial charge is 0.257 e. The number of anilines is 2. The third-order valence-electron chi connectivity index (χ3n) is 4.15. The number of pyridine rings is 1. The molecule has 29 heavy (non-hydrogen) atoms. The van der Waals surface area contributed by atoms with Crippen molar-refractivity contribution in [3.63, 3.8) is 0 Å². The highest BCUT2D eigenvalue weighted by Crippen LogP contribution is 2.32. The molecule has 0 spiro atoms. The number of aromatic nitrogens is 1. The molecule has 146 valence electrons. The zero-order chi connectivity index (χ0) is 20.2. The molecule has 3 aromatic rings. The van der Waals surface area contributed by atoms with Gasteiger partial charge in [0.05, 0.1) is 11.1 Å². The lowest BCUT2D eigenvalue weighted by molar-refractivity contribution is 0.102.